The third kappa shape index (κ3) is 2.33. The number of carbonyl (C=O) groups is 2. The first-order valence-corrected chi connectivity index (χ1v) is 7.81. The smallest absolute Gasteiger partial charge is 0.311 e. The second-order valence-corrected chi connectivity index (χ2v) is 6.91. The van der Waals surface area contributed by atoms with Gasteiger partial charge in [-0.05, 0) is 30.2 Å². The van der Waals surface area contributed by atoms with Crippen LogP contribution >= 0.6 is 22.9 Å². The van der Waals surface area contributed by atoms with E-state index in [4.69, 9.17) is 11.6 Å². The summed E-state index contributed by atoms with van der Waals surface area (Å²) in [5, 5.41) is 11.8. The zero-order valence-corrected chi connectivity index (χ0v) is 13.3. The molecular formula is C14H18ClNO3S. The zero-order valence-electron chi connectivity index (χ0n) is 11.8. The van der Waals surface area contributed by atoms with Crippen LogP contribution in [-0.2, 0) is 4.79 Å². The van der Waals surface area contributed by atoms with Gasteiger partial charge in [0.05, 0.1) is 10.4 Å². The van der Waals surface area contributed by atoms with Crippen molar-refractivity contribution in [3.05, 3.63) is 20.8 Å². The lowest BCUT2D eigenvalue weighted by atomic mass is 9.76. The molecule has 1 aromatic heterocycles. The zero-order chi connectivity index (χ0) is 15.1. The fourth-order valence-electron chi connectivity index (χ4n) is 2.62. The molecule has 1 atom stereocenters. The summed E-state index contributed by atoms with van der Waals surface area (Å²) in [6, 6.07) is 0. The molecular weight excluding hydrogens is 298 g/mol. The number of hydrogen-bond acceptors (Lipinski definition) is 3. The molecule has 2 rings (SSSR count). The van der Waals surface area contributed by atoms with Crippen LogP contribution in [0, 0.1) is 18.3 Å². The fraction of sp³-hybridized carbons (Fsp3) is 0.571. The minimum absolute atomic E-state index is 0.0154. The minimum Gasteiger partial charge on any atom is -0.481 e. The van der Waals surface area contributed by atoms with E-state index in [2.05, 4.69) is 0 Å². The lowest BCUT2D eigenvalue weighted by Crippen LogP contribution is -2.40. The van der Waals surface area contributed by atoms with E-state index < -0.39 is 11.4 Å². The van der Waals surface area contributed by atoms with Crippen LogP contribution in [0.15, 0.2) is 5.38 Å². The summed E-state index contributed by atoms with van der Waals surface area (Å²) in [4.78, 5) is 26.2. The standard InChI is InChI=1S/C14H18ClNO3S/c1-8(2)14(13(18)19)4-5-16(7-14)12(17)11-10(15)9(3)6-20-11/h6,8H,4-5,7H2,1-3H3,(H,18,19). The molecule has 1 aliphatic rings. The molecule has 1 fully saturated rings. The molecule has 4 nitrogen and oxygen atoms in total. The van der Waals surface area contributed by atoms with Crippen LogP contribution in [0.5, 0.6) is 0 Å². The molecule has 1 amide bonds. The van der Waals surface area contributed by atoms with E-state index in [0.29, 0.717) is 22.9 Å². The third-order valence-corrected chi connectivity index (χ3v) is 5.90. The largest absolute Gasteiger partial charge is 0.481 e. The first-order valence-electron chi connectivity index (χ1n) is 6.56. The van der Waals surface area contributed by atoms with Crippen LogP contribution in [0.4, 0.5) is 0 Å². The lowest BCUT2D eigenvalue weighted by molar-refractivity contribution is -0.150. The lowest BCUT2D eigenvalue weighted by Gasteiger charge is -2.28. The van der Waals surface area contributed by atoms with Crippen molar-refractivity contribution in [2.45, 2.75) is 27.2 Å². The number of carboxylic acids is 1. The van der Waals surface area contributed by atoms with Crippen molar-refractivity contribution in [2.75, 3.05) is 13.1 Å². The molecule has 1 aliphatic heterocycles. The van der Waals surface area contributed by atoms with E-state index in [9.17, 15) is 14.7 Å². The molecule has 1 aromatic rings. The second-order valence-electron chi connectivity index (χ2n) is 5.65. The summed E-state index contributed by atoms with van der Waals surface area (Å²) < 4.78 is 0. The van der Waals surface area contributed by atoms with Crippen molar-refractivity contribution >= 4 is 34.8 Å². The summed E-state index contributed by atoms with van der Waals surface area (Å²) in [5.74, 6) is -0.994. The number of aryl methyl sites for hydroxylation is 1. The van der Waals surface area contributed by atoms with Crippen molar-refractivity contribution < 1.29 is 14.7 Å². The first kappa shape index (κ1) is 15.3. The molecule has 0 spiro atoms. The first-order chi connectivity index (χ1) is 9.29. The van der Waals surface area contributed by atoms with Crippen molar-refractivity contribution in [3.8, 4) is 0 Å². The van der Waals surface area contributed by atoms with Gasteiger partial charge in [0.2, 0.25) is 0 Å². The molecule has 1 saturated heterocycles. The Labute approximate surface area is 127 Å². The van der Waals surface area contributed by atoms with Gasteiger partial charge in [0.1, 0.15) is 4.88 Å². The Morgan fingerprint density at radius 1 is 1.50 bits per heavy atom. The number of rotatable bonds is 3. The van der Waals surface area contributed by atoms with E-state index in [1.165, 1.54) is 11.3 Å². The Hall–Kier alpha value is -1.07. The maximum Gasteiger partial charge on any atom is 0.311 e. The summed E-state index contributed by atoms with van der Waals surface area (Å²) in [6.07, 6.45) is 0.494. The molecule has 1 N–H and O–H groups in total. The average Bonchev–Trinajstić information content (AvgIpc) is 2.96. The topological polar surface area (TPSA) is 57.6 Å². The van der Waals surface area contributed by atoms with E-state index in [-0.39, 0.29) is 18.4 Å². The normalized spacial score (nSPS) is 22.6. The molecule has 0 saturated carbocycles. The Balaban J connectivity index is 2.23. The van der Waals surface area contributed by atoms with Gasteiger partial charge in [-0.25, -0.2) is 0 Å². The van der Waals surface area contributed by atoms with Crippen LogP contribution < -0.4 is 0 Å². The Morgan fingerprint density at radius 2 is 2.15 bits per heavy atom. The number of likely N-dealkylation sites (tertiary alicyclic amines) is 1. The third-order valence-electron chi connectivity index (χ3n) is 4.21. The number of amides is 1. The minimum atomic E-state index is -0.839. The summed E-state index contributed by atoms with van der Waals surface area (Å²) in [7, 11) is 0. The molecule has 0 aromatic carbocycles. The number of hydrogen-bond donors (Lipinski definition) is 1. The summed E-state index contributed by atoms with van der Waals surface area (Å²) in [6.45, 7) is 6.37. The maximum absolute atomic E-state index is 12.5. The van der Waals surface area contributed by atoms with Gasteiger partial charge in [-0.15, -0.1) is 11.3 Å². The Morgan fingerprint density at radius 3 is 2.55 bits per heavy atom. The SMILES string of the molecule is Cc1csc(C(=O)N2CCC(C(=O)O)(C(C)C)C2)c1Cl. The van der Waals surface area contributed by atoms with Crippen LogP contribution in [0.1, 0.15) is 35.5 Å². The van der Waals surface area contributed by atoms with Gasteiger partial charge in [-0.2, -0.15) is 0 Å². The predicted octanol–water partition coefficient (Wildman–Crippen LogP) is 3.28. The highest BCUT2D eigenvalue weighted by atomic mass is 35.5. The van der Waals surface area contributed by atoms with Crippen molar-refractivity contribution in [1.82, 2.24) is 4.90 Å². The monoisotopic (exact) mass is 315 g/mol. The number of thiophene rings is 1. The molecule has 1 unspecified atom stereocenters. The van der Waals surface area contributed by atoms with Crippen LogP contribution in [0.3, 0.4) is 0 Å². The molecule has 110 valence electrons. The predicted molar refractivity (Wildman–Crippen MR) is 79.5 cm³/mol. The van der Waals surface area contributed by atoms with Gasteiger partial charge in [0.15, 0.2) is 0 Å². The number of carbonyl (C=O) groups excluding carboxylic acids is 1. The van der Waals surface area contributed by atoms with Gasteiger partial charge in [0.25, 0.3) is 5.91 Å². The number of nitrogens with zero attached hydrogens (tertiary/aromatic N) is 1. The number of aliphatic carboxylic acids is 1. The number of carboxylic acid groups (broad SMARTS) is 1. The quantitative estimate of drug-likeness (QED) is 0.931. The molecule has 2 heterocycles. The maximum atomic E-state index is 12.5. The fourth-order valence-corrected chi connectivity index (χ4v) is 3.86. The van der Waals surface area contributed by atoms with Gasteiger partial charge in [-0.3, -0.25) is 9.59 Å². The highest BCUT2D eigenvalue weighted by Gasteiger charge is 2.48. The van der Waals surface area contributed by atoms with Crippen LogP contribution in [0.25, 0.3) is 0 Å². The Kier molecular flexibility index (Phi) is 4.12. The molecule has 20 heavy (non-hydrogen) atoms. The van der Waals surface area contributed by atoms with Crippen molar-refractivity contribution in [1.29, 1.82) is 0 Å². The molecule has 0 aliphatic carbocycles. The number of halogens is 1. The molecule has 6 heteroatoms. The van der Waals surface area contributed by atoms with E-state index in [1.807, 2.05) is 26.2 Å². The van der Waals surface area contributed by atoms with Gasteiger partial charge < -0.3 is 10.0 Å². The van der Waals surface area contributed by atoms with E-state index >= 15 is 0 Å². The van der Waals surface area contributed by atoms with Gasteiger partial charge >= 0.3 is 5.97 Å². The molecule has 0 bridgehead atoms. The average molecular weight is 316 g/mol. The van der Waals surface area contributed by atoms with Crippen LogP contribution in [-0.4, -0.2) is 35.0 Å². The highest BCUT2D eigenvalue weighted by molar-refractivity contribution is 7.13. The van der Waals surface area contributed by atoms with Crippen molar-refractivity contribution in [2.24, 2.45) is 11.3 Å². The van der Waals surface area contributed by atoms with Crippen LogP contribution in [0.2, 0.25) is 5.02 Å². The van der Waals surface area contributed by atoms with E-state index in [1.54, 1.807) is 4.90 Å². The Bertz CT molecular complexity index is 555. The van der Waals surface area contributed by atoms with E-state index in [0.717, 1.165) is 5.56 Å². The summed E-state index contributed by atoms with van der Waals surface area (Å²) in [5.41, 5.74) is 0.0432. The summed E-state index contributed by atoms with van der Waals surface area (Å²) >= 11 is 7.44. The second kappa shape index (κ2) is 5.37. The van der Waals surface area contributed by atoms with Gasteiger partial charge in [0, 0.05) is 13.1 Å². The molecule has 0 radical (unpaired) electrons. The highest BCUT2D eigenvalue weighted by Crippen LogP contribution is 2.39. The van der Waals surface area contributed by atoms with Crippen molar-refractivity contribution in [3.63, 3.8) is 0 Å². The van der Waals surface area contributed by atoms with Gasteiger partial charge in [-0.1, -0.05) is 25.4 Å².